The summed E-state index contributed by atoms with van der Waals surface area (Å²) in [6.45, 7) is 4.59. The molecule has 0 radical (unpaired) electrons. The molecule has 94 valence electrons. The summed E-state index contributed by atoms with van der Waals surface area (Å²) >= 11 is 4.83. The lowest BCUT2D eigenvalue weighted by Gasteiger charge is -2.26. The number of nitrogens with zero attached hydrogens (tertiary/aromatic N) is 1. The van der Waals surface area contributed by atoms with Crippen molar-refractivity contribution in [3.05, 3.63) is 35.4 Å². The molecule has 2 nitrogen and oxygen atoms in total. The molecule has 5 heteroatoms. The van der Waals surface area contributed by atoms with Gasteiger partial charge in [0.05, 0.1) is 4.99 Å². The number of benzene rings is 1. The number of hydrogen-bond donors (Lipinski definition) is 1. The molecule has 0 unspecified atom stereocenters. The van der Waals surface area contributed by atoms with E-state index in [1.165, 1.54) is 6.07 Å². The van der Waals surface area contributed by atoms with Crippen LogP contribution in [0.4, 0.5) is 8.78 Å². The molecule has 0 bridgehead atoms. The predicted octanol–water partition coefficient (Wildman–Crippen LogP) is 2.46. The van der Waals surface area contributed by atoms with Gasteiger partial charge < -0.3 is 5.73 Å². The average Bonchev–Trinajstić information content (AvgIpc) is 2.21. The molecule has 17 heavy (non-hydrogen) atoms. The van der Waals surface area contributed by atoms with Crippen LogP contribution in [0.3, 0.4) is 0 Å². The van der Waals surface area contributed by atoms with E-state index in [1.54, 1.807) is 0 Å². The van der Waals surface area contributed by atoms with Gasteiger partial charge in [-0.1, -0.05) is 12.2 Å². The third-order valence-corrected chi connectivity index (χ3v) is 2.60. The molecular formula is C12H16F2N2S. The third-order valence-electron chi connectivity index (χ3n) is 2.47. The highest BCUT2D eigenvalue weighted by molar-refractivity contribution is 7.80. The van der Waals surface area contributed by atoms with Crippen molar-refractivity contribution in [3.63, 3.8) is 0 Å². The second-order valence-electron chi connectivity index (χ2n) is 4.20. The molecular weight excluding hydrogens is 242 g/mol. The Bertz CT molecular complexity index is 407. The van der Waals surface area contributed by atoms with Crippen molar-refractivity contribution in [2.24, 2.45) is 5.73 Å². The van der Waals surface area contributed by atoms with E-state index in [-0.39, 0.29) is 6.04 Å². The van der Waals surface area contributed by atoms with Crippen molar-refractivity contribution >= 4 is 17.2 Å². The molecule has 1 aromatic rings. The summed E-state index contributed by atoms with van der Waals surface area (Å²) in [5.74, 6) is -0.861. The first kappa shape index (κ1) is 14.0. The molecule has 0 heterocycles. The Morgan fingerprint density at radius 1 is 1.41 bits per heavy atom. The zero-order valence-electron chi connectivity index (χ0n) is 9.91. The Labute approximate surface area is 105 Å². The van der Waals surface area contributed by atoms with Crippen LogP contribution in [0.25, 0.3) is 0 Å². The molecule has 0 aromatic heterocycles. The predicted molar refractivity (Wildman–Crippen MR) is 68.7 cm³/mol. The zero-order chi connectivity index (χ0) is 13.0. The Hall–Kier alpha value is -1.07. The van der Waals surface area contributed by atoms with Gasteiger partial charge in [-0.05, 0) is 32.0 Å². The van der Waals surface area contributed by atoms with Crippen LogP contribution in [0.5, 0.6) is 0 Å². The number of hydrogen-bond acceptors (Lipinski definition) is 2. The van der Waals surface area contributed by atoms with E-state index in [0.717, 1.165) is 12.1 Å². The molecule has 2 N–H and O–H groups in total. The van der Waals surface area contributed by atoms with Crippen LogP contribution in [0.2, 0.25) is 0 Å². The Kier molecular flexibility index (Phi) is 4.96. The largest absolute Gasteiger partial charge is 0.392 e. The highest BCUT2D eigenvalue weighted by Gasteiger charge is 2.14. The first-order valence-electron chi connectivity index (χ1n) is 5.36. The summed E-state index contributed by atoms with van der Waals surface area (Å²) in [4.78, 5) is 2.23. The van der Waals surface area contributed by atoms with E-state index in [4.69, 9.17) is 18.0 Å². The molecule has 1 aromatic carbocycles. The maximum atomic E-state index is 13.5. The number of thiocarbonyl (C=S) groups is 1. The minimum absolute atomic E-state index is 0.152. The van der Waals surface area contributed by atoms with E-state index < -0.39 is 11.6 Å². The quantitative estimate of drug-likeness (QED) is 0.823. The zero-order valence-corrected chi connectivity index (χ0v) is 10.7. The van der Waals surface area contributed by atoms with Crippen molar-refractivity contribution in [3.8, 4) is 0 Å². The van der Waals surface area contributed by atoms with Gasteiger partial charge in [-0.2, -0.15) is 0 Å². The van der Waals surface area contributed by atoms with Crippen LogP contribution in [-0.4, -0.2) is 22.5 Å². The molecule has 0 aliphatic carbocycles. The van der Waals surface area contributed by atoms with Crippen LogP contribution < -0.4 is 5.73 Å². The summed E-state index contributed by atoms with van der Waals surface area (Å²) in [5, 5.41) is 0. The van der Waals surface area contributed by atoms with Crippen LogP contribution in [0.15, 0.2) is 18.2 Å². The fraction of sp³-hybridized carbons (Fsp3) is 0.417. The SMILES string of the molecule is CC(C)N(CC(N)=S)Cc1cc(F)ccc1F. The van der Waals surface area contributed by atoms with Gasteiger partial charge in [-0.3, -0.25) is 4.90 Å². The molecule has 0 aliphatic heterocycles. The van der Waals surface area contributed by atoms with Gasteiger partial charge in [0.2, 0.25) is 0 Å². The second kappa shape index (κ2) is 6.02. The number of nitrogens with two attached hydrogens (primary N) is 1. The molecule has 0 fully saturated rings. The van der Waals surface area contributed by atoms with Gasteiger partial charge in [-0.15, -0.1) is 0 Å². The minimum Gasteiger partial charge on any atom is -0.392 e. The average molecular weight is 258 g/mol. The normalized spacial score (nSPS) is 11.2. The summed E-state index contributed by atoms with van der Waals surface area (Å²) in [5.41, 5.74) is 5.79. The van der Waals surface area contributed by atoms with Crippen molar-refractivity contribution in [1.82, 2.24) is 4.90 Å². The molecule has 0 amide bonds. The maximum Gasteiger partial charge on any atom is 0.127 e. The first-order chi connectivity index (χ1) is 7.90. The summed E-state index contributed by atoms with van der Waals surface area (Å²) < 4.78 is 26.5. The van der Waals surface area contributed by atoms with Gasteiger partial charge in [0.1, 0.15) is 11.6 Å². The minimum atomic E-state index is -0.444. The third kappa shape index (κ3) is 4.36. The van der Waals surface area contributed by atoms with E-state index in [0.29, 0.717) is 23.6 Å². The fourth-order valence-corrected chi connectivity index (χ4v) is 1.67. The van der Waals surface area contributed by atoms with Gasteiger partial charge in [-0.25, -0.2) is 8.78 Å². The van der Waals surface area contributed by atoms with Crippen molar-refractivity contribution in [2.45, 2.75) is 26.4 Å². The highest BCUT2D eigenvalue weighted by atomic mass is 32.1. The van der Waals surface area contributed by atoms with Crippen LogP contribution in [0.1, 0.15) is 19.4 Å². The molecule has 1 rings (SSSR count). The lowest BCUT2D eigenvalue weighted by molar-refractivity contribution is 0.241. The van der Waals surface area contributed by atoms with E-state index in [2.05, 4.69) is 0 Å². The lowest BCUT2D eigenvalue weighted by atomic mass is 10.1. The monoisotopic (exact) mass is 258 g/mol. The van der Waals surface area contributed by atoms with Gasteiger partial charge in [0, 0.05) is 24.7 Å². The molecule has 0 saturated carbocycles. The fourth-order valence-electron chi connectivity index (χ4n) is 1.50. The molecule has 0 spiro atoms. The highest BCUT2D eigenvalue weighted by Crippen LogP contribution is 2.14. The summed E-state index contributed by atoms with van der Waals surface area (Å²) in [6.07, 6.45) is 0. The number of halogens is 2. The van der Waals surface area contributed by atoms with E-state index >= 15 is 0 Å². The molecule has 0 saturated heterocycles. The van der Waals surface area contributed by atoms with E-state index in [1.807, 2.05) is 18.7 Å². The standard InChI is InChI=1S/C12H16F2N2S/c1-8(2)16(7-12(15)17)6-9-5-10(13)3-4-11(9)14/h3-5,8H,6-7H2,1-2H3,(H2,15,17). The smallest absolute Gasteiger partial charge is 0.127 e. The topological polar surface area (TPSA) is 29.3 Å². The Morgan fingerprint density at radius 2 is 2.06 bits per heavy atom. The van der Waals surface area contributed by atoms with Crippen molar-refractivity contribution in [2.75, 3.05) is 6.54 Å². The number of rotatable bonds is 5. The van der Waals surface area contributed by atoms with Crippen LogP contribution >= 0.6 is 12.2 Å². The van der Waals surface area contributed by atoms with Crippen molar-refractivity contribution < 1.29 is 8.78 Å². The maximum absolute atomic E-state index is 13.5. The Balaban J connectivity index is 2.85. The molecule has 0 aliphatic rings. The molecule has 0 atom stereocenters. The van der Waals surface area contributed by atoms with E-state index in [9.17, 15) is 8.78 Å². The summed E-state index contributed by atoms with van der Waals surface area (Å²) in [7, 11) is 0. The summed E-state index contributed by atoms with van der Waals surface area (Å²) in [6, 6.07) is 3.58. The van der Waals surface area contributed by atoms with Gasteiger partial charge in [0.15, 0.2) is 0 Å². The van der Waals surface area contributed by atoms with Crippen molar-refractivity contribution in [1.29, 1.82) is 0 Å². The van der Waals surface area contributed by atoms with Gasteiger partial charge in [0.25, 0.3) is 0 Å². The Morgan fingerprint density at radius 3 is 2.59 bits per heavy atom. The lowest BCUT2D eigenvalue weighted by Crippen LogP contribution is -2.37. The van der Waals surface area contributed by atoms with Gasteiger partial charge >= 0.3 is 0 Å². The second-order valence-corrected chi connectivity index (χ2v) is 4.73. The van der Waals surface area contributed by atoms with Crippen LogP contribution in [-0.2, 0) is 6.54 Å². The first-order valence-corrected chi connectivity index (χ1v) is 5.77. The van der Waals surface area contributed by atoms with Crippen LogP contribution in [0, 0.1) is 11.6 Å².